The predicted molar refractivity (Wildman–Crippen MR) is 88.5 cm³/mol. The number of carbonyl (C=O) groups is 1. The van der Waals surface area contributed by atoms with E-state index in [9.17, 15) is 14.9 Å². The maximum Gasteiger partial charge on any atom is 0.270 e. The Morgan fingerprint density at radius 2 is 1.92 bits per heavy atom. The number of nitro groups is 1. The third-order valence-corrected chi connectivity index (χ3v) is 3.57. The summed E-state index contributed by atoms with van der Waals surface area (Å²) in [6.07, 6.45) is 0. The van der Waals surface area contributed by atoms with Gasteiger partial charge in [-0.15, -0.1) is 0 Å². The highest BCUT2D eigenvalue weighted by molar-refractivity contribution is 5.95. The Morgan fingerprint density at radius 3 is 2.54 bits per heavy atom. The molecule has 2 aromatic rings. The molecule has 126 valence electrons. The van der Waals surface area contributed by atoms with E-state index >= 15 is 0 Å². The van der Waals surface area contributed by atoms with E-state index in [0.29, 0.717) is 11.5 Å². The summed E-state index contributed by atoms with van der Waals surface area (Å²) >= 11 is 0. The lowest BCUT2D eigenvalue weighted by Crippen LogP contribution is -2.27. The zero-order valence-corrected chi connectivity index (χ0v) is 13.6. The number of methoxy groups -OCH3 is 2. The van der Waals surface area contributed by atoms with Crippen molar-refractivity contribution in [2.75, 3.05) is 14.2 Å². The fourth-order valence-electron chi connectivity index (χ4n) is 2.30. The Morgan fingerprint density at radius 1 is 1.17 bits per heavy atom. The van der Waals surface area contributed by atoms with E-state index in [-0.39, 0.29) is 17.3 Å². The van der Waals surface area contributed by atoms with Gasteiger partial charge in [-0.2, -0.15) is 0 Å². The van der Waals surface area contributed by atoms with E-state index in [1.54, 1.807) is 39.3 Å². The highest BCUT2D eigenvalue weighted by Gasteiger charge is 2.17. The molecule has 1 N–H and O–H groups in total. The molecule has 7 nitrogen and oxygen atoms in total. The maximum atomic E-state index is 12.4. The van der Waals surface area contributed by atoms with Gasteiger partial charge in [0.1, 0.15) is 11.5 Å². The van der Waals surface area contributed by atoms with Gasteiger partial charge in [0.05, 0.1) is 25.2 Å². The number of amides is 1. The second kappa shape index (κ2) is 7.45. The fraction of sp³-hybridized carbons (Fsp3) is 0.235. The first-order valence-corrected chi connectivity index (χ1v) is 7.23. The van der Waals surface area contributed by atoms with Crippen LogP contribution < -0.4 is 14.8 Å². The number of carbonyl (C=O) groups excluding carboxylic acids is 1. The maximum absolute atomic E-state index is 12.4. The molecule has 0 aliphatic heterocycles. The van der Waals surface area contributed by atoms with Gasteiger partial charge in [-0.1, -0.05) is 6.07 Å². The van der Waals surface area contributed by atoms with Crippen LogP contribution in [0.4, 0.5) is 5.69 Å². The van der Waals surface area contributed by atoms with Crippen LogP contribution in [-0.4, -0.2) is 25.1 Å². The number of hydrogen-bond donors (Lipinski definition) is 1. The molecule has 0 bridgehead atoms. The largest absolute Gasteiger partial charge is 0.497 e. The summed E-state index contributed by atoms with van der Waals surface area (Å²) < 4.78 is 10.5. The molecule has 0 unspecified atom stereocenters. The monoisotopic (exact) mass is 330 g/mol. The molecule has 0 heterocycles. The second-order valence-electron chi connectivity index (χ2n) is 5.11. The smallest absolute Gasteiger partial charge is 0.270 e. The van der Waals surface area contributed by atoms with Crippen molar-refractivity contribution in [3.63, 3.8) is 0 Å². The van der Waals surface area contributed by atoms with Gasteiger partial charge in [0, 0.05) is 23.3 Å². The van der Waals surface area contributed by atoms with Gasteiger partial charge in [0.15, 0.2) is 0 Å². The minimum atomic E-state index is -0.536. The van der Waals surface area contributed by atoms with Crippen molar-refractivity contribution >= 4 is 11.6 Å². The minimum absolute atomic E-state index is 0.130. The minimum Gasteiger partial charge on any atom is -0.497 e. The number of nitrogens with one attached hydrogen (secondary N) is 1. The highest BCUT2D eigenvalue weighted by atomic mass is 16.6. The van der Waals surface area contributed by atoms with Crippen LogP contribution in [0.25, 0.3) is 0 Å². The van der Waals surface area contributed by atoms with Gasteiger partial charge >= 0.3 is 0 Å². The number of rotatable bonds is 6. The van der Waals surface area contributed by atoms with Gasteiger partial charge < -0.3 is 14.8 Å². The molecular weight excluding hydrogens is 312 g/mol. The van der Waals surface area contributed by atoms with Crippen molar-refractivity contribution in [2.24, 2.45) is 0 Å². The molecule has 1 amide bonds. The van der Waals surface area contributed by atoms with Gasteiger partial charge in [0.2, 0.25) is 0 Å². The molecule has 7 heteroatoms. The third kappa shape index (κ3) is 3.81. The first-order chi connectivity index (χ1) is 11.5. The predicted octanol–water partition coefficient (Wildman–Crippen LogP) is 3.10. The van der Waals surface area contributed by atoms with Crippen LogP contribution >= 0.6 is 0 Å². The summed E-state index contributed by atoms with van der Waals surface area (Å²) in [5.41, 5.74) is 0.836. The van der Waals surface area contributed by atoms with Gasteiger partial charge in [-0.05, 0) is 31.2 Å². The van der Waals surface area contributed by atoms with Crippen molar-refractivity contribution in [3.8, 4) is 11.5 Å². The Balaban J connectivity index is 2.23. The standard InChI is InChI=1S/C17H18N2O5/c1-11(15-10-14(23-2)7-8-16(15)24-3)18-17(20)12-5-4-6-13(9-12)19(21)22/h4-11H,1-3H3,(H,18,20)/t11-/m0/s1. The van der Waals surface area contributed by atoms with Gasteiger partial charge in [-0.3, -0.25) is 14.9 Å². The van der Waals surface area contributed by atoms with E-state index in [1.807, 2.05) is 0 Å². The first kappa shape index (κ1) is 17.3. The summed E-state index contributed by atoms with van der Waals surface area (Å²) in [6.45, 7) is 1.80. The topological polar surface area (TPSA) is 90.7 Å². The lowest BCUT2D eigenvalue weighted by atomic mass is 10.1. The van der Waals surface area contributed by atoms with Crippen LogP contribution in [0.5, 0.6) is 11.5 Å². The van der Waals surface area contributed by atoms with E-state index in [4.69, 9.17) is 9.47 Å². The quantitative estimate of drug-likeness (QED) is 0.649. The van der Waals surface area contributed by atoms with Crippen LogP contribution in [0.3, 0.4) is 0 Å². The molecule has 0 fully saturated rings. The summed E-state index contributed by atoms with van der Waals surface area (Å²) in [5.74, 6) is 0.848. The lowest BCUT2D eigenvalue weighted by Gasteiger charge is -2.18. The Hall–Kier alpha value is -3.09. The first-order valence-electron chi connectivity index (χ1n) is 7.23. The van der Waals surface area contributed by atoms with Crippen molar-refractivity contribution in [1.29, 1.82) is 0 Å². The molecule has 2 aromatic carbocycles. The number of ether oxygens (including phenoxy) is 2. The van der Waals surface area contributed by atoms with Crippen molar-refractivity contribution in [3.05, 3.63) is 63.7 Å². The third-order valence-electron chi connectivity index (χ3n) is 3.57. The fourth-order valence-corrected chi connectivity index (χ4v) is 2.30. The molecule has 1 atom stereocenters. The Bertz CT molecular complexity index is 760. The lowest BCUT2D eigenvalue weighted by molar-refractivity contribution is -0.384. The summed E-state index contributed by atoms with van der Waals surface area (Å²) in [6, 6.07) is 10.5. The average Bonchev–Trinajstić information content (AvgIpc) is 2.61. The molecular formula is C17H18N2O5. The summed E-state index contributed by atoms with van der Waals surface area (Å²) in [5, 5.41) is 13.6. The molecule has 0 aromatic heterocycles. The number of nitrogens with zero attached hydrogens (tertiary/aromatic N) is 1. The normalized spacial score (nSPS) is 11.5. The molecule has 0 saturated heterocycles. The van der Waals surface area contributed by atoms with Crippen LogP contribution in [0, 0.1) is 10.1 Å². The summed E-state index contributed by atoms with van der Waals surface area (Å²) in [4.78, 5) is 22.6. The molecule has 0 aliphatic carbocycles. The SMILES string of the molecule is COc1ccc(OC)c([C@H](C)NC(=O)c2cccc([N+](=O)[O-])c2)c1. The van der Waals surface area contributed by atoms with Crippen LogP contribution in [0.15, 0.2) is 42.5 Å². The van der Waals surface area contributed by atoms with Crippen LogP contribution in [0.1, 0.15) is 28.9 Å². The molecule has 0 spiro atoms. The molecule has 0 saturated carbocycles. The van der Waals surface area contributed by atoms with E-state index in [0.717, 1.165) is 5.56 Å². The zero-order chi connectivity index (χ0) is 17.7. The number of hydrogen-bond acceptors (Lipinski definition) is 5. The van der Waals surface area contributed by atoms with Crippen molar-refractivity contribution in [2.45, 2.75) is 13.0 Å². The number of nitro benzene ring substituents is 1. The average molecular weight is 330 g/mol. The Kier molecular flexibility index (Phi) is 5.36. The molecule has 24 heavy (non-hydrogen) atoms. The molecule has 2 rings (SSSR count). The molecule has 0 aliphatic rings. The van der Waals surface area contributed by atoms with E-state index in [1.165, 1.54) is 24.3 Å². The number of non-ortho nitro benzene ring substituents is 1. The van der Waals surface area contributed by atoms with E-state index < -0.39 is 10.8 Å². The van der Waals surface area contributed by atoms with Crippen LogP contribution in [-0.2, 0) is 0 Å². The zero-order valence-electron chi connectivity index (χ0n) is 13.6. The van der Waals surface area contributed by atoms with Gasteiger partial charge in [-0.25, -0.2) is 0 Å². The van der Waals surface area contributed by atoms with Crippen molar-refractivity contribution in [1.82, 2.24) is 5.32 Å². The van der Waals surface area contributed by atoms with Crippen LogP contribution in [0.2, 0.25) is 0 Å². The second-order valence-corrected chi connectivity index (χ2v) is 5.11. The van der Waals surface area contributed by atoms with Crippen molar-refractivity contribution < 1.29 is 19.2 Å². The number of benzene rings is 2. The molecule has 0 radical (unpaired) electrons. The van der Waals surface area contributed by atoms with Gasteiger partial charge in [0.25, 0.3) is 11.6 Å². The Labute approximate surface area is 139 Å². The highest BCUT2D eigenvalue weighted by Crippen LogP contribution is 2.29. The summed E-state index contributed by atoms with van der Waals surface area (Å²) in [7, 11) is 3.10. The van der Waals surface area contributed by atoms with E-state index in [2.05, 4.69) is 5.32 Å².